The molecule has 0 aliphatic rings. The fourth-order valence-electron chi connectivity index (χ4n) is 1.89. The van der Waals surface area contributed by atoms with Gasteiger partial charge in [-0.1, -0.05) is 6.08 Å². The van der Waals surface area contributed by atoms with Crippen molar-refractivity contribution in [1.29, 1.82) is 0 Å². The first-order valence-electron chi connectivity index (χ1n) is 6.91. The molecule has 2 rings (SSSR count). The van der Waals surface area contributed by atoms with Gasteiger partial charge < -0.3 is 10.4 Å². The zero-order chi connectivity index (χ0) is 17.7. The van der Waals surface area contributed by atoms with E-state index in [1.165, 1.54) is 19.1 Å². The summed E-state index contributed by atoms with van der Waals surface area (Å²) >= 11 is 0. The van der Waals surface area contributed by atoms with Gasteiger partial charge in [0.15, 0.2) is 0 Å². The molecule has 0 saturated carbocycles. The van der Waals surface area contributed by atoms with E-state index in [0.29, 0.717) is 16.6 Å². The second-order valence-corrected chi connectivity index (χ2v) is 4.75. The van der Waals surface area contributed by atoms with Crippen LogP contribution in [0.4, 0.5) is 11.6 Å². The number of hydrazone groups is 1. The van der Waals surface area contributed by atoms with Gasteiger partial charge in [-0.2, -0.15) is 5.10 Å². The standard InChI is InChI=1S/C15H15N5O4/c1-3-9(14(23)24)7-16-20-15-18-12-5-4-10(17-8(2)21)6-11(12)13(22)19-15/h3-7H,1-2H3,(H,17,21)(H,23,24)(H2,18,19,20,22)/b9-3+,16-7-. The van der Waals surface area contributed by atoms with Crippen LogP contribution < -0.4 is 16.3 Å². The van der Waals surface area contributed by atoms with Crippen LogP contribution in [0.15, 0.2) is 39.7 Å². The quantitative estimate of drug-likeness (QED) is 0.371. The lowest BCUT2D eigenvalue weighted by Crippen LogP contribution is -2.12. The number of nitrogens with zero attached hydrogens (tertiary/aromatic N) is 2. The Morgan fingerprint density at radius 3 is 2.75 bits per heavy atom. The van der Waals surface area contributed by atoms with Gasteiger partial charge in [0.1, 0.15) is 0 Å². The molecule has 0 aliphatic heterocycles. The number of amides is 1. The molecule has 0 fully saturated rings. The van der Waals surface area contributed by atoms with Crippen molar-refractivity contribution in [1.82, 2.24) is 9.97 Å². The van der Waals surface area contributed by atoms with Gasteiger partial charge in [0.25, 0.3) is 5.56 Å². The molecule has 0 radical (unpaired) electrons. The van der Waals surface area contributed by atoms with Crippen molar-refractivity contribution in [3.63, 3.8) is 0 Å². The first-order chi connectivity index (χ1) is 11.4. The van der Waals surface area contributed by atoms with Gasteiger partial charge in [-0.05, 0) is 25.1 Å². The van der Waals surface area contributed by atoms with Crippen LogP contribution in [0.1, 0.15) is 13.8 Å². The van der Waals surface area contributed by atoms with E-state index in [1.54, 1.807) is 19.1 Å². The van der Waals surface area contributed by atoms with Crippen molar-refractivity contribution < 1.29 is 14.7 Å². The third-order valence-corrected chi connectivity index (χ3v) is 2.96. The highest BCUT2D eigenvalue weighted by molar-refractivity contribution is 6.08. The molecule has 2 aromatic rings. The van der Waals surface area contributed by atoms with Crippen molar-refractivity contribution in [2.75, 3.05) is 10.7 Å². The third-order valence-electron chi connectivity index (χ3n) is 2.96. The number of H-pyrrole nitrogens is 1. The zero-order valence-corrected chi connectivity index (χ0v) is 13.0. The molecule has 0 spiro atoms. The van der Waals surface area contributed by atoms with Gasteiger partial charge >= 0.3 is 5.97 Å². The number of carbonyl (C=O) groups excluding carboxylic acids is 1. The first-order valence-corrected chi connectivity index (χ1v) is 6.91. The van der Waals surface area contributed by atoms with Gasteiger partial charge in [0.2, 0.25) is 11.9 Å². The lowest BCUT2D eigenvalue weighted by molar-refractivity contribution is -0.132. The maximum atomic E-state index is 12.1. The largest absolute Gasteiger partial charge is 0.478 e. The highest BCUT2D eigenvalue weighted by Crippen LogP contribution is 2.15. The van der Waals surface area contributed by atoms with E-state index < -0.39 is 11.5 Å². The van der Waals surface area contributed by atoms with Crippen molar-refractivity contribution in [2.24, 2.45) is 5.10 Å². The van der Waals surface area contributed by atoms with Crippen LogP contribution >= 0.6 is 0 Å². The number of fused-ring (bicyclic) bond motifs is 1. The first kappa shape index (κ1) is 16.9. The minimum atomic E-state index is -1.12. The Hall–Kier alpha value is -3.49. The molecule has 0 atom stereocenters. The maximum Gasteiger partial charge on any atom is 0.336 e. The molecule has 0 aliphatic carbocycles. The number of aromatic amines is 1. The highest BCUT2D eigenvalue weighted by atomic mass is 16.4. The van der Waals surface area contributed by atoms with E-state index in [2.05, 4.69) is 25.8 Å². The fraction of sp³-hybridized carbons (Fsp3) is 0.133. The Bertz CT molecular complexity index is 914. The molecular formula is C15H15N5O4. The Labute approximate surface area is 136 Å². The predicted octanol–water partition coefficient (Wildman–Crippen LogP) is 1.31. The molecule has 1 amide bonds. The van der Waals surface area contributed by atoms with Crippen molar-refractivity contribution in [3.8, 4) is 0 Å². The molecule has 1 aromatic carbocycles. The van der Waals surface area contributed by atoms with Crippen LogP contribution in [0.3, 0.4) is 0 Å². The van der Waals surface area contributed by atoms with E-state index in [1.807, 2.05) is 0 Å². The summed E-state index contributed by atoms with van der Waals surface area (Å²) in [6.45, 7) is 2.94. The molecule has 0 unspecified atom stereocenters. The summed E-state index contributed by atoms with van der Waals surface area (Å²) in [7, 11) is 0. The van der Waals surface area contributed by atoms with Crippen LogP contribution in [0.2, 0.25) is 0 Å². The van der Waals surface area contributed by atoms with E-state index in [4.69, 9.17) is 5.11 Å². The Morgan fingerprint density at radius 2 is 2.12 bits per heavy atom. The number of carbonyl (C=O) groups is 2. The van der Waals surface area contributed by atoms with E-state index in [0.717, 1.165) is 6.21 Å². The van der Waals surface area contributed by atoms with Gasteiger partial charge in [0, 0.05) is 12.6 Å². The molecule has 0 saturated heterocycles. The van der Waals surface area contributed by atoms with E-state index >= 15 is 0 Å². The zero-order valence-electron chi connectivity index (χ0n) is 13.0. The summed E-state index contributed by atoms with van der Waals surface area (Å²) in [4.78, 5) is 40.6. The molecule has 1 aromatic heterocycles. The summed E-state index contributed by atoms with van der Waals surface area (Å²) in [6.07, 6.45) is 2.49. The average Bonchev–Trinajstić information content (AvgIpc) is 2.51. The summed E-state index contributed by atoms with van der Waals surface area (Å²) < 4.78 is 0. The molecule has 9 heteroatoms. The number of hydrogen-bond donors (Lipinski definition) is 4. The normalized spacial score (nSPS) is 11.7. The van der Waals surface area contributed by atoms with Crippen molar-refractivity contribution in [3.05, 3.63) is 40.2 Å². The maximum absolute atomic E-state index is 12.1. The van der Waals surface area contributed by atoms with Crippen molar-refractivity contribution in [2.45, 2.75) is 13.8 Å². The Morgan fingerprint density at radius 1 is 1.38 bits per heavy atom. The van der Waals surface area contributed by atoms with Gasteiger partial charge in [-0.3, -0.25) is 14.6 Å². The average molecular weight is 329 g/mol. The number of aromatic nitrogens is 2. The second kappa shape index (κ2) is 7.18. The molecule has 24 heavy (non-hydrogen) atoms. The van der Waals surface area contributed by atoms with Gasteiger partial charge in [0.05, 0.1) is 22.7 Å². The van der Waals surface area contributed by atoms with Crippen molar-refractivity contribution >= 4 is 40.6 Å². The van der Waals surface area contributed by atoms with Crippen LogP contribution in [-0.4, -0.2) is 33.2 Å². The second-order valence-electron chi connectivity index (χ2n) is 4.75. The highest BCUT2D eigenvalue weighted by Gasteiger charge is 2.06. The lowest BCUT2D eigenvalue weighted by Gasteiger charge is -2.05. The Kier molecular flexibility index (Phi) is 5.05. The molecule has 124 valence electrons. The van der Waals surface area contributed by atoms with Crippen LogP contribution in [-0.2, 0) is 9.59 Å². The molecule has 1 heterocycles. The minimum absolute atomic E-state index is 0.00872. The number of benzene rings is 1. The topological polar surface area (TPSA) is 137 Å². The van der Waals surface area contributed by atoms with Crippen LogP contribution in [0.25, 0.3) is 10.9 Å². The summed E-state index contributed by atoms with van der Waals surface area (Å²) in [6, 6.07) is 4.71. The predicted molar refractivity (Wildman–Crippen MR) is 90.2 cm³/mol. The van der Waals surface area contributed by atoms with E-state index in [-0.39, 0.29) is 17.4 Å². The Balaban J connectivity index is 2.28. The third kappa shape index (κ3) is 4.03. The number of aliphatic carboxylic acids is 1. The SMILES string of the molecule is C/C=C(\C=N/Nc1nc2ccc(NC(C)=O)cc2c(=O)[nH]1)C(=O)O. The molecular weight excluding hydrogens is 314 g/mol. The minimum Gasteiger partial charge on any atom is -0.478 e. The molecule has 4 N–H and O–H groups in total. The number of rotatable bonds is 5. The van der Waals surface area contributed by atoms with Crippen LogP contribution in [0, 0.1) is 0 Å². The number of anilines is 2. The fourth-order valence-corrected chi connectivity index (χ4v) is 1.89. The van der Waals surface area contributed by atoms with Gasteiger partial charge in [-0.15, -0.1) is 0 Å². The smallest absolute Gasteiger partial charge is 0.336 e. The van der Waals surface area contributed by atoms with Crippen LogP contribution in [0.5, 0.6) is 0 Å². The number of hydrogen-bond acceptors (Lipinski definition) is 6. The van der Waals surface area contributed by atoms with Gasteiger partial charge in [-0.25, -0.2) is 15.2 Å². The lowest BCUT2D eigenvalue weighted by atomic mass is 10.2. The number of allylic oxidation sites excluding steroid dienone is 1. The summed E-state index contributed by atoms with van der Waals surface area (Å²) in [5.41, 5.74) is 2.93. The number of carboxylic acids is 1. The number of carboxylic acid groups (broad SMARTS) is 1. The monoisotopic (exact) mass is 329 g/mol. The molecule has 9 nitrogen and oxygen atoms in total. The summed E-state index contributed by atoms with van der Waals surface area (Å²) in [5, 5.41) is 15.5. The van der Waals surface area contributed by atoms with E-state index in [9.17, 15) is 14.4 Å². The summed E-state index contributed by atoms with van der Waals surface area (Å²) in [5.74, 6) is -1.30. The number of nitrogens with one attached hydrogen (secondary N) is 3. The molecule has 0 bridgehead atoms.